The topological polar surface area (TPSA) is 83.5 Å². The molecule has 2 aliphatic rings. The van der Waals surface area contributed by atoms with Crippen molar-refractivity contribution >= 4 is 17.3 Å². The zero-order chi connectivity index (χ0) is 19.0. The van der Waals surface area contributed by atoms with Gasteiger partial charge in [-0.3, -0.25) is 14.3 Å². The van der Waals surface area contributed by atoms with Crippen molar-refractivity contribution in [3.8, 4) is 11.8 Å². The third kappa shape index (κ3) is 3.46. The van der Waals surface area contributed by atoms with Crippen LogP contribution in [0, 0.1) is 18.8 Å². The first-order valence-corrected chi connectivity index (χ1v) is 9.57. The van der Waals surface area contributed by atoms with E-state index in [9.17, 15) is 4.79 Å². The minimum absolute atomic E-state index is 0.246. The Kier molecular flexibility index (Phi) is 4.68. The second kappa shape index (κ2) is 7.13. The highest BCUT2D eigenvalue weighted by Crippen LogP contribution is 2.37. The van der Waals surface area contributed by atoms with Crippen LogP contribution < -0.4 is 15.6 Å². The molecular formula is C20H24N5O2. The van der Waals surface area contributed by atoms with Gasteiger partial charge in [-0.25, -0.2) is 10.3 Å². The molecule has 1 aliphatic carbocycles. The van der Waals surface area contributed by atoms with Crippen LogP contribution >= 0.6 is 0 Å². The van der Waals surface area contributed by atoms with E-state index < -0.39 is 5.56 Å². The largest absolute Gasteiger partial charge is 0.423 e. The van der Waals surface area contributed by atoms with Gasteiger partial charge < -0.3 is 4.74 Å². The molecule has 0 amide bonds. The standard InChI is InChI=1S/C20H24N5O2/c1-12(2)11-25-18-16(22-17(23-18)14-7-4-5-8-14)19(26)24-20(25)27-15-9-6-10-21-13(15)3/h6,9-10,12,14H,4-5,7-8,11H2,1-3H3. The van der Waals surface area contributed by atoms with E-state index in [0.717, 1.165) is 24.4 Å². The molecule has 0 bridgehead atoms. The van der Waals surface area contributed by atoms with Gasteiger partial charge in [0, 0.05) is 18.7 Å². The minimum atomic E-state index is -0.390. The number of aliphatic imine (C=N–C) groups is 1. The lowest BCUT2D eigenvalue weighted by molar-refractivity contribution is 0.378. The second-order valence-electron chi connectivity index (χ2n) is 7.63. The van der Waals surface area contributed by atoms with Gasteiger partial charge in [-0.15, -0.1) is 0 Å². The molecular weight excluding hydrogens is 342 g/mol. The van der Waals surface area contributed by atoms with Gasteiger partial charge in [-0.2, -0.15) is 4.98 Å². The molecule has 0 N–H and O–H groups in total. The summed E-state index contributed by atoms with van der Waals surface area (Å²) in [6.45, 7) is 6.72. The highest BCUT2D eigenvalue weighted by molar-refractivity contribution is 5.96. The molecule has 3 heterocycles. The van der Waals surface area contributed by atoms with E-state index in [1.807, 2.05) is 17.6 Å². The predicted molar refractivity (Wildman–Crippen MR) is 103 cm³/mol. The molecule has 141 valence electrons. The number of ether oxygens (including phenoxy) is 1. The first-order valence-electron chi connectivity index (χ1n) is 9.57. The number of hydrogen-bond acceptors (Lipinski definition) is 5. The Labute approximate surface area is 158 Å². The quantitative estimate of drug-likeness (QED) is 0.804. The fraction of sp³-hybridized carbons (Fsp3) is 0.500. The molecule has 1 aliphatic heterocycles. The van der Waals surface area contributed by atoms with Crippen LogP contribution in [0.15, 0.2) is 28.1 Å². The maximum atomic E-state index is 12.6. The van der Waals surface area contributed by atoms with E-state index in [-0.39, 0.29) is 6.01 Å². The van der Waals surface area contributed by atoms with Crippen LogP contribution in [0.2, 0.25) is 0 Å². The molecule has 0 atom stereocenters. The number of nitrogens with zero attached hydrogens (tertiary/aromatic N) is 5. The second-order valence-corrected chi connectivity index (χ2v) is 7.63. The van der Waals surface area contributed by atoms with Crippen molar-refractivity contribution in [2.45, 2.75) is 53.0 Å². The van der Waals surface area contributed by atoms with E-state index >= 15 is 0 Å². The summed E-state index contributed by atoms with van der Waals surface area (Å²) in [5, 5.41) is 4.55. The SMILES string of the molecule is Cc1ncccc1Oc1nc(=O)c2c(n1CC(C)C)N=C(C1CCCC1)[N]2. The number of aromatic nitrogens is 3. The van der Waals surface area contributed by atoms with Gasteiger partial charge in [0.05, 0.1) is 5.69 Å². The third-order valence-corrected chi connectivity index (χ3v) is 4.97. The summed E-state index contributed by atoms with van der Waals surface area (Å²) in [6, 6.07) is 3.86. The molecule has 0 saturated heterocycles. The lowest BCUT2D eigenvalue weighted by Gasteiger charge is -2.17. The molecule has 1 radical (unpaired) electrons. The first-order chi connectivity index (χ1) is 13.0. The van der Waals surface area contributed by atoms with E-state index in [1.165, 1.54) is 12.8 Å². The van der Waals surface area contributed by atoms with Crippen molar-refractivity contribution < 1.29 is 4.74 Å². The summed E-state index contributed by atoms with van der Waals surface area (Å²) >= 11 is 0. The Morgan fingerprint density at radius 1 is 1.30 bits per heavy atom. The number of fused-ring (bicyclic) bond motifs is 1. The molecule has 2 aromatic heterocycles. The molecule has 7 heteroatoms. The molecule has 1 fully saturated rings. The molecule has 0 unspecified atom stereocenters. The zero-order valence-corrected chi connectivity index (χ0v) is 16.0. The zero-order valence-electron chi connectivity index (χ0n) is 16.0. The highest BCUT2D eigenvalue weighted by atomic mass is 16.5. The van der Waals surface area contributed by atoms with Gasteiger partial charge in [0.2, 0.25) is 0 Å². The summed E-state index contributed by atoms with van der Waals surface area (Å²) in [5.74, 6) is 2.60. The van der Waals surface area contributed by atoms with Crippen molar-refractivity contribution in [2.75, 3.05) is 0 Å². The molecule has 2 aromatic rings. The third-order valence-electron chi connectivity index (χ3n) is 4.97. The summed E-state index contributed by atoms with van der Waals surface area (Å²) in [5.41, 5.74) is 0.689. The molecule has 0 spiro atoms. The van der Waals surface area contributed by atoms with Gasteiger partial charge in [-0.05, 0) is 37.8 Å². The molecule has 0 aromatic carbocycles. The highest BCUT2D eigenvalue weighted by Gasteiger charge is 2.31. The van der Waals surface area contributed by atoms with Crippen molar-refractivity contribution in [1.82, 2.24) is 19.9 Å². The Morgan fingerprint density at radius 2 is 2.07 bits per heavy atom. The minimum Gasteiger partial charge on any atom is -0.423 e. The number of hydrogen-bond donors (Lipinski definition) is 0. The van der Waals surface area contributed by atoms with E-state index in [4.69, 9.17) is 9.73 Å². The molecule has 7 nitrogen and oxygen atoms in total. The van der Waals surface area contributed by atoms with Crippen LogP contribution in [0.3, 0.4) is 0 Å². The fourth-order valence-corrected chi connectivity index (χ4v) is 3.62. The first kappa shape index (κ1) is 17.7. The van der Waals surface area contributed by atoms with Gasteiger partial charge in [0.1, 0.15) is 5.84 Å². The summed E-state index contributed by atoms with van der Waals surface area (Å²) < 4.78 is 7.86. The predicted octanol–water partition coefficient (Wildman–Crippen LogP) is 3.86. The Bertz CT molecular complexity index is 942. The number of amidine groups is 1. The maximum Gasteiger partial charge on any atom is 0.307 e. The van der Waals surface area contributed by atoms with E-state index in [2.05, 4.69) is 29.1 Å². The summed E-state index contributed by atoms with van der Waals surface area (Å²) in [4.78, 5) is 25.8. The fourth-order valence-electron chi connectivity index (χ4n) is 3.62. The summed E-state index contributed by atoms with van der Waals surface area (Å²) in [7, 11) is 0. The molecule has 27 heavy (non-hydrogen) atoms. The number of rotatable bonds is 5. The van der Waals surface area contributed by atoms with Crippen molar-refractivity contribution in [3.05, 3.63) is 34.4 Å². The van der Waals surface area contributed by atoms with Gasteiger partial charge in [0.25, 0.3) is 0 Å². The van der Waals surface area contributed by atoms with Gasteiger partial charge in [-0.1, -0.05) is 26.7 Å². The Hall–Kier alpha value is -2.70. The average Bonchev–Trinajstić information content (AvgIpc) is 3.29. The van der Waals surface area contributed by atoms with Crippen LogP contribution in [-0.2, 0) is 6.54 Å². The number of aryl methyl sites for hydroxylation is 1. The van der Waals surface area contributed by atoms with Crippen molar-refractivity contribution in [3.63, 3.8) is 0 Å². The van der Waals surface area contributed by atoms with Crippen LogP contribution in [0.4, 0.5) is 11.5 Å². The van der Waals surface area contributed by atoms with Crippen LogP contribution in [0.1, 0.15) is 45.2 Å². The van der Waals surface area contributed by atoms with E-state index in [1.54, 1.807) is 12.3 Å². The van der Waals surface area contributed by atoms with Crippen LogP contribution in [0.5, 0.6) is 11.8 Å². The number of pyridine rings is 1. The normalized spacial score (nSPS) is 16.4. The van der Waals surface area contributed by atoms with Crippen LogP contribution in [-0.4, -0.2) is 20.4 Å². The van der Waals surface area contributed by atoms with E-state index in [0.29, 0.717) is 35.6 Å². The van der Waals surface area contributed by atoms with Gasteiger partial charge >= 0.3 is 11.6 Å². The lowest BCUT2D eigenvalue weighted by Crippen LogP contribution is -2.22. The Morgan fingerprint density at radius 3 is 2.78 bits per heavy atom. The Balaban J connectivity index is 1.78. The van der Waals surface area contributed by atoms with Gasteiger partial charge in [0.15, 0.2) is 17.3 Å². The lowest BCUT2D eigenvalue weighted by atomic mass is 10.1. The summed E-state index contributed by atoms with van der Waals surface area (Å²) in [6.07, 6.45) is 6.26. The smallest absolute Gasteiger partial charge is 0.307 e. The van der Waals surface area contributed by atoms with Crippen molar-refractivity contribution in [2.24, 2.45) is 16.8 Å². The monoisotopic (exact) mass is 366 g/mol. The molecule has 1 saturated carbocycles. The molecule has 4 rings (SSSR count). The van der Waals surface area contributed by atoms with Crippen LogP contribution in [0.25, 0.3) is 0 Å². The maximum absolute atomic E-state index is 12.6. The van der Waals surface area contributed by atoms with Crippen molar-refractivity contribution in [1.29, 1.82) is 0 Å². The average molecular weight is 366 g/mol.